The number of ether oxygens (including phenoxy) is 1. The highest BCUT2D eigenvalue weighted by Crippen LogP contribution is 2.26. The highest BCUT2D eigenvalue weighted by Gasteiger charge is 2.30. The summed E-state index contributed by atoms with van der Waals surface area (Å²) in [6.07, 6.45) is 0.220. The van der Waals surface area contributed by atoms with Gasteiger partial charge in [0.25, 0.3) is 0 Å². The number of phenols is 2. The lowest BCUT2D eigenvalue weighted by molar-refractivity contribution is -0.150. The second-order valence-corrected chi connectivity index (χ2v) is 5.41. The molecule has 0 amide bonds. The molecular formula is C14H21NO4. The van der Waals surface area contributed by atoms with Crippen LogP contribution in [-0.2, 0) is 16.0 Å². The lowest BCUT2D eigenvalue weighted by Gasteiger charge is -2.23. The van der Waals surface area contributed by atoms with Crippen LogP contribution in [0, 0.1) is 5.92 Å². The maximum atomic E-state index is 11.9. The van der Waals surface area contributed by atoms with E-state index in [1.165, 1.54) is 12.1 Å². The van der Waals surface area contributed by atoms with Crippen molar-refractivity contribution >= 4 is 5.97 Å². The Morgan fingerprint density at radius 3 is 2.53 bits per heavy atom. The maximum Gasteiger partial charge on any atom is 0.326 e. The van der Waals surface area contributed by atoms with Gasteiger partial charge in [-0.25, -0.2) is 0 Å². The minimum absolute atomic E-state index is 0.204. The van der Waals surface area contributed by atoms with Crippen molar-refractivity contribution in [1.29, 1.82) is 0 Å². The van der Waals surface area contributed by atoms with E-state index in [1.807, 2.05) is 13.8 Å². The number of carbonyl (C=O) groups excluding carboxylic acids is 1. The third-order valence-corrected chi connectivity index (χ3v) is 2.63. The normalized spacial score (nSPS) is 14.2. The topological polar surface area (TPSA) is 92.8 Å². The zero-order valence-corrected chi connectivity index (χ0v) is 11.5. The van der Waals surface area contributed by atoms with Crippen LogP contribution in [0.3, 0.4) is 0 Å². The lowest BCUT2D eigenvalue weighted by Crippen LogP contribution is -2.48. The minimum atomic E-state index is -1.17. The fourth-order valence-corrected chi connectivity index (χ4v) is 1.58. The molecule has 1 aromatic carbocycles. The molecule has 4 N–H and O–H groups in total. The van der Waals surface area contributed by atoms with E-state index in [1.54, 1.807) is 13.0 Å². The molecule has 5 nitrogen and oxygen atoms in total. The molecule has 0 spiro atoms. The molecule has 0 saturated heterocycles. The summed E-state index contributed by atoms with van der Waals surface area (Å²) in [7, 11) is 0. The first-order chi connectivity index (χ1) is 8.72. The predicted molar refractivity (Wildman–Crippen MR) is 71.9 cm³/mol. The standard InChI is InChI=1S/C14H21NO4/c1-9(2)8-19-13(18)14(3,15)7-10-4-5-11(16)12(17)6-10/h4-6,9,16-17H,7-8,15H2,1-3H3. The summed E-state index contributed by atoms with van der Waals surface area (Å²) in [5.74, 6) is -0.667. The molecule has 5 heteroatoms. The Hall–Kier alpha value is -1.75. The van der Waals surface area contributed by atoms with Crippen molar-refractivity contribution in [2.24, 2.45) is 11.7 Å². The summed E-state index contributed by atoms with van der Waals surface area (Å²) in [5, 5.41) is 18.6. The number of benzene rings is 1. The van der Waals surface area contributed by atoms with Gasteiger partial charge in [0.2, 0.25) is 0 Å². The quantitative estimate of drug-likeness (QED) is 0.556. The van der Waals surface area contributed by atoms with Crippen molar-refractivity contribution in [2.45, 2.75) is 32.7 Å². The van der Waals surface area contributed by atoms with E-state index >= 15 is 0 Å². The van der Waals surface area contributed by atoms with Crippen LogP contribution in [0.25, 0.3) is 0 Å². The van der Waals surface area contributed by atoms with Gasteiger partial charge in [-0.15, -0.1) is 0 Å². The SMILES string of the molecule is CC(C)COC(=O)C(C)(N)Cc1ccc(O)c(O)c1. The third kappa shape index (κ3) is 4.44. The largest absolute Gasteiger partial charge is 0.504 e. The van der Waals surface area contributed by atoms with Gasteiger partial charge in [-0.1, -0.05) is 19.9 Å². The van der Waals surface area contributed by atoms with Crippen LogP contribution in [0.1, 0.15) is 26.3 Å². The second-order valence-electron chi connectivity index (χ2n) is 5.41. The van der Waals surface area contributed by atoms with Gasteiger partial charge in [0.15, 0.2) is 11.5 Å². The molecule has 106 valence electrons. The number of hydrogen-bond donors (Lipinski definition) is 3. The van der Waals surface area contributed by atoms with Crippen molar-refractivity contribution in [1.82, 2.24) is 0 Å². The Morgan fingerprint density at radius 1 is 1.37 bits per heavy atom. The van der Waals surface area contributed by atoms with Crippen molar-refractivity contribution in [3.8, 4) is 11.5 Å². The summed E-state index contributed by atoms with van der Waals surface area (Å²) in [4.78, 5) is 11.9. The van der Waals surface area contributed by atoms with Gasteiger partial charge in [0, 0.05) is 6.42 Å². The zero-order chi connectivity index (χ0) is 14.6. The number of rotatable bonds is 5. The van der Waals surface area contributed by atoms with Crippen LogP contribution >= 0.6 is 0 Å². The molecule has 1 atom stereocenters. The van der Waals surface area contributed by atoms with E-state index < -0.39 is 11.5 Å². The van der Waals surface area contributed by atoms with Crippen LogP contribution in [0.15, 0.2) is 18.2 Å². The van der Waals surface area contributed by atoms with E-state index in [0.717, 1.165) is 0 Å². The molecule has 0 aliphatic carbocycles. The number of aromatic hydroxyl groups is 2. The zero-order valence-electron chi connectivity index (χ0n) is 11.5. The first-order valence-electron chi connectivity index (χ1n) is 6.19. The monoisotopic (exact) mass is 267 g/mol. The van der Waals surface area contributed by atoms with E-state index in [0.29, 0.717) is 12.2 Å². The Labute approximate surface area is 113 Å². The predicted octanol–water partition coefficient (Wildman–Crippen LogP) is 1.56. The number of esters is 1. The summed E-state index contributed by atoms with van der Waals surface area (Å²) in [5.41, 5.74) is 5.43. The van der Waals surface area contributed by atoms with E-state index in [2.05, 4.69) is 0 Å². The Kier molecular flexibility index (Phi) is 4.78. The van der Waals surface area contributed by atoms with Gasteiger partial charge in [0.1, 0.15) is 5.54 Å². The minimum Gasteiger partial charge on any atom is -0.504 e. The molecule has 0 heterocycles. The third-order valence-electron chi connectivity index (χ3n) is 2.63. The molecule has 0 saturated carbocycles. The fraction of sp³-hybridized carbons (Fsp3) is 0.500. The van der Waals surface area contributed by atoms with Crippen molar-refractivity contribution in [3.63, 3.8) is 0 Å². The van der Waals surface area contributed by atoms with Gasteiger partial charge < -0.3 is 20.7 Å². The molecule has 0 radical (unpaired) electrons. The Bertz CT molecular complexity index is 455. The average molecular weight is 267 g/mol. The van der Waals surface area contributed by atoms with Gasteiger partial charge in [-0.3, -0.25) is 4.79 Å². The van der Waals surface area contributed by atoms with Gasteiger partial charge in [-0.2, -0.15) is 0 Å². The first-order valence-corrected chi connectivity index (χ1v) is 6.19. The molecule has 0 aliphatic rings. The summed E-state index contributed by atoms with van der Waals surface area (Å²) >= 11 is 0. The molecule has 1 rings (SSSR count). The molecule has 1 unspecified atom stereocenters. The second kappa shape index (κ2) is 5.93. The van der Waals surface area contributed by atoms with Gasteiger partial charge in [-0.05, 0) is 30.5 Å². The highest BCUT2D eigenvalue weighted by molar-refractivity contribution is 5.80. The van der Waals surface area contributed by atoms with E-state index in [4.69, 9.17) is 10.5 Å². The Morgan fingerprint density at radius 2 is 2.00 bits per heavy atom. The van der Waals surface area contributed by atoms with Crippen molar-refractivity contribution < 1.29 is 19.7 Å². The van der Waals surface area contributed by atoms with Crippen LogP contribution < -0.4 is 5.73 Å². The molecule has 0 bridgehead atoms. The fourth-order valence-electron chi connectivity index (χ4n) is 1.58. The lowest BCUT2D eigenvalue weighted by atomic mass is 9.94. The van der Waals surface area contributed by atoms with Crippen molar-refractivity contribution in [2.75, 3.05) is 6.61 Å². The summed E-state index contributed by atoms with van der Waals surface area (Å²) in [6, 6.07) is 4.35. The summed E-state index contributed by atoms with van der Waals surface area (Å²) in [6.45, 7) is 5.80. The van der Waals surface area contributed by atoms with Crippen LogP contribution in [0.2, 0.25) is 0 Å². The molecule has 19 heavy (non-hydrogen) atoms. The molecule has 0 aromatic heterocycles. The average Bonchev–Trinajstić information content (AvgIpc) is 2.30. The van der Waals surface area contributed by atoms with E-state index in [9.17, 15) is 15.0 Å². The van der Waals surface area contributed by atoms with Crippen LogP contribution in [0.4, 0.5) is 0 Å². The van der Waals surface area contributed by atoms with Gasteiger partial charge in [0.05, 0.1) is 6.61 Å². The van der Waals surface area contributed by atoms with E-state index in [-0.39, 0.29) is 23.8 Å². The molecule has 1 aromatic rings. The van der Waals surface area contributed by atoms with Crippen LogP contribution in [-0.4, -0.2) is 28.3 Å². The molecule has 0 fully saturated rings. The Balaban J connectivity index is 2.72. The number of carbonyl (C=O) groups is 1. The molecular weight excluding hydrogens is 246 g/mol. The highest BCUT2D eigenvalue weighted by atomic mass is 16.5. The smallest absolute Gasteiger partial charge is 0.326 e. The number of nitrogens with two attached hydrogens (primary N) is 1. The van der Waals surface area contributed by atoms with Gasteiger partial charge >= 0.3 is 5.97 Å². The number of phenolic OH excluding ortho intramolecular Hbond substituents is 2. The summed E-state index contributed by atoms with van der Waals surface area (Å²) < 4.78 is 5.12. The number of hydrogen-bond acceptors (Lipinski definition) is 5. The van der Waals surface area contributed by atoms with Crippen molar-refractivity contribution in [3.05, 3.63) is 23.8 Å². The molecule has 0 aliphatic heterocycles. The maximum absolute atomic E-state index is 11.9. The van der Waals surface area contributed by atoms with Crippen LogP contribution in [0.5, 0.6) is 11.5 Å². The first kappa shape index (κ1) is 15.3.